The molecule has 8 heteroatoms. The summed E-state index contributed by atoms with van der Waals surface area (Å²) in [6.45, 7) is 0. The molecule has 88 valence electrons. The van der Waals surface area contributed by atoms with Crippen LogP contribution in [0.15, 0.2) is 6.20 Å². The number of anilines is 1. The predicted octanol–water partition coefficient (Wildman–Crippen LogP) is 0.282. The van der Waals surface area contributed by atoms with Crippen LogP contribution in [0.3, 0.4) is 0 Å². The molecule has 1 fully saturated rings. The summed E-state index contributed by atoms with van der Waals surface area (Å²) in [4.78, 5) is 15.4. The first-order chi connectivity index (χ1) is 8.15. The highest BCUT2D eigenvalue weighted by Crippen LogP contribution is 2.39. The number of aromatic nitrogens is 4. The average molecular weight is 250 g/mol. The lowest BCUT2D eigenvalue weighted by molar-refractivity contribution is 0.0996. The van der Waals surface area contributed by atoms with Crippen molar-refractivity contribution in [3.63, 3.8) is 0 Å². The Kier molecular flexibility index (Phi) is 2.11. The van der Waals surface area contributed by atoms with E-state index >= 15 is 0 Å². The fourth-order valence-electron chi connectivity index (χ4n) is 1.50. The molecule has 0 aromatic carbocycles. The zero-order chi connectivity index (χ0) is 12.0. The Balaban J connectivity index is 1.96. The van der Waals surface area contributed by atoms with Gasteiger partial charge in [-0.15, -0.1) is 0 Å². The first-order valence-electron chi connectivity index (χ1n) is 5.14. The van der Waals surface area contributed by atoms with E-state index in [-0.39, 0.29) is 11.4 Å². The van der Waals surface area contributed by atoms with Crippen LogP contribution in [-0.2, 0) is 0 Å². The zero-order valence-electron chi connectivity index (χ0n) is 8.83. The zero-order valence-corrected chi connectivity index (χ0v) is 9.65. The molecule has 2 aromatic rings. The number of hydrogen-bond donors (Lipinski definition) is 2. The summed E-state index contributed by atoms with van der Waals surface area (Å²) in [5.41, 5.74) is 11.1. The number of carbonyl (C=O) groups is 1. The van der Waals surface area contributed by atoms with Gasteiger partial charge >= 0.3 is 0 Å². The first-order valence-corrected chi connectivity index (χ1v) is 5.91. The average Bonchev–Trinajstić information content (AvgIpc) is 2.88. The molecule has 0 unspecified atom stereocenters. The smallest absolute Gasteiger partial charge is 0.271 e. The van der Waals surface area contributed by atoms with Crippen LogP contribution in [0.4, 0.5) is 5.69 Å². The Morgan fingerprint density at radius 2 is 2.29 bits per heavy atom. The molecule has 0 radical (unpaired) electrons. The van der Waals surface area contributed by atoms with Crippen molar-refractivity contribution in [2.75, 3.05) is 5.73 Å². The highest BCUT2D eigenvalue weighted by atomic mass is 32.1. The van der Waals surface area contributed by atoms with Crippen molar-refractivity contribution in [1.82, 2.24) is 19.1 Å². The van der Waals surface area contributed by atoms with Gasteiger partial charge in [-0.1, -0.05) is 0 Å². The molecular weight excluding hydrogens is 240 g/mol. The second-order valence-corrected chi connectivity index (χ2v) is 4.68. The van der Waals surface area contributed by atoms with Crippen molar-refractivity contribution in [2.45, 2.75) is 18.8 Å². The number of hydrogen-bond acceptors (Lipinski definition) is 6. The SMILES string of the molecule is NC(=O)c1nn(-c2nc(C3CC3)ns2)cc1N. The van der Waals surface area contributed by atoms with E-state index < -0.39 is 5.91 Å². The molecule has 2 heterocycles. The normalized spacial score (nSPS) is 15.1. The Bertz CT molecular complexity index is 584. The molecular formula is C9H10N6OS. The minimum atomic E-state index is -0.645. The molecule has 17 heavy (non-hydrogen) atoms. The Labute approximate surface area is 101 Å². The Morgan fingerprint density at radius 3 is 2.88 bits per heavy atom. The molecule has 1 aliphatic carbocycles. The molecule has 0 spiro atoms. The van der Waals surface area contributed by atoms with Crippen molar-refractivity contribution in [2.24, 2.45) is 5.73 Å². The third kappa shape index (κ3) is 1.76. The van der Waals surface area contributed by atoms with Crippen LogP contribution in [0.25, 0.3) is 5.13 Å². The van der Waals surface area contributed by atoms with Gasteiger partial charge in [0.15, 0.2) is 5.69 Å². The van der Waals surface area contributed by atoms with E-state index in [1.807, 2.05) is 0 Å². The second-order valence-electron chi connectivity index (χ2n) is 3.95. The summed E-state index contributed by atoms with van der Waals surface area (Å²) in [6.07, 6.45) is 3.81. The Morgan fingerprint density at radius 1 is 1.53 bits per heavy atom. The largest absolute Gasteiger partial charge is 0.396 e. The third-order valence-corrected chi connectivity index (χ3v) is 3.27. The molecule has 0 saturated heterocycles. The van der Waals surface area contributed by atoms with Crippen molar-refractivity contribution in [3.05, 3.63) is 17.7 Å². The third-order valence-electron chi connectivity index (χ3n) is 2.55. The maximum Gasteiger partial charge on any atom is 0.271 e. The lowest BCUT2D eigenvalue weighted by Gasteiger charge is -1.91. The summed E-state index contributed by atoms with van der Waals surface area (Å²) in [7, 11) is 0. The van der Waals surface area contributed by atoms with E-state index in [1.54, 1.807) is 0 Å². The van der Waals surface area contributed by atoms with Gasteiger partial charge in [0.1, 0.15) is 5.82 Å². The number of primary amides is 1. The number of nitrogen functional groups attached to an aromatic ring is 1. The van der Waals surface area contributed by atoms with Crippen molar-refractivity contribution < 1.29 is 4.79 Å². The van der Waals surface area contributed by atoms with Gasteiger partial charge in [0.2, 0.25) is 5.13 Å². The van der Waals surface area contributed by atoms with E-state index in [0.717, 1.165) is 18.7 Å². The summed E-state index contributed by atoms with van der Waals surface area (Å²) >= 11 is 1.24. The monoisotopic (exact) mass is 250 g/mol. The van der Waals surface area contributed by atoms with E-state index in [0.29, 0.717) is 11.0 Å². The topological polar surface area (TPSA) is 113 Å². The minimum absolute atomic E-state index is 0.0631. The van der Waals surface area contributed by atoms with Gasteiger partial charge in [0, 0.05) is 17.5 Å². The molecule has 4 N–H and O–H groups in total. The molecule has 0 bridgehead atoms. The van der Waals surface area contributed by atoms with E-state index in [1.165, 1.54) is 22.4 Å². The molecule has 1 amide bonds. The fraction of sp³-hybridized carbons (Fsp3) is 0.333. The standard InChI is InChI=1S/C9H10N6OS/c10-5-3-15(13-6(5)7(11)16)9-12-8(14-17-9)4-1-2-4/h3-4H,1-2,10H2,(H2,11,16). The second kappa shape index (κ2) is 3.52. The molecule has 7 nitrogen and oxygen atoms in total. The van der Waals surface area contributed by atoms with Gasteiger partial charge in [-0.3, -0.25) is 4.79 Å². The highest BCUT2D eigenvalue weighted by molar-refractivity contribution is 7.08. The summed E-state index contributed by atoms with van der Waals surface area (Å²) in [5.74, 6) is 0.691. The van der Waals surface area contributed by atoms with Crippen LogP contribution in [0, 0.1) is 0 Å². The summed E-state index contributed by atoms with van der Waals surface area (Å²) in [5, 5.41) is 4.60. The molecule has 1 saturated carbocycles. The van der Waals surface area contributed by atoms with Crippen LogP contribution in [-0.4, -0.2) is 25.0 Å². The van der Waals surface area contributed by atoms with Gasteiger partial charge in [0.25, 0.3) is 5.91 Å². The lowest BCUT2D eigenvalue weighted by Crippen LogP contribution is -2.13. The van der Waals surface area contributed by atoms with Crippen LogP contribution in [0.1, 0.15) is 35.1 Å². The van der Waals surface area contributed by atoms with Crippen LogP contribution in [0.2, 0.25) is 0 Å². The maximum absolute atomic E-state index is 11.0. The van der Waals surface area contributed by atoms with Crippen LogP contribution in [0.5, 0.6) is 0 Å². The molecule has 1 aliphatic rings. The van der Waals surface area contributed by atoms with E-state index in [4.69, 9.17) is 11.5 Å². The highest BCUT2D eigenvalue weighted by Gasteiger charge is 2.28. The molecule has 0 atom stereocenters. The first kappa shape index (κ1) is 10.2. The van der Waals surface area contributed by atoms with Gasteiger partial charge < -0.3 is 11.5 Å². The van der Waals surface area contributed by atoms with Gasteiger partial charge in [0.05, 0.1) is 11.9 Å². The number of nitrogens with zero attached hydrogens (tertiary/aromatic N) is 4. The predicted molar refractivity (Wildman–Crippen MR) is 61.9 cm³/mol. The molecule has 2 aromatic heterocycles. The van der Waals surface area contributed by atoms with Gasteiger partial charge in [-0.05, 0) is 12.8 Å². The lowest BCUT2D eigenvalue weighted by atomic mass is 10.4. The van der Waals surface area contributed by atoms with Gasteiger partial charge in [-0.2, -0.15) is 9.47 Å². The maximum atomic E-state index is 11.0. The number of amides is 1. The molecule has 0 aliphatic heterocycles. The van der Waals surface area contributed by atoms with Crippen molar-refractivity contribution in [1.29, 1.82) is 0 Å². The quantitative estimate of drug-likeness (QED) is 0.812. The number of carbonyl (C=O) groups excluding carboxylic acids is 1. The Hall–Kier alpha value is -1.96. The molecule has 3 rings (SSSR count). The van der Waals surface area contributed by atoms with Crippen molar-refractivity contribution >= 4 is 23.1 Å². The van der Waals surface area contributed by atoms with E-state index in [9.17, 15) is 4.79 Å². The number of rotatable bonds is 3. The number of nitrogens with two attached hydrogens (primary N) is 2. The minimum Gasteiger partial charge on any atom is -0.396 e. The summed E-state index contributed by atoms with van der Waals surface area (Å²) < 4.78 is 5.69. The van der Waals surface area contributed by atoms with Crippen LogP contribution < -0.4 is 11.5 Å². The van der Waals surface area contributed by atoms with Crippen molar-refractivity contribution in [3.8, 4) is 5.13 Å². The fourth-order valence-corrected chi connectivity index (χ4v) is 2.18. The van der Waals surface area contributed by atoms with Gasteiger partial charge in [-0.25, -0.2) is 9.67 Å². The summed E-state index contributed by atoms with van der Waals surface area (Å²) in [6, 6.07) is 0. The van der Waals surface area contributed by atoms with Crippen LogP contribution >= 0.6 is 11.5 Å². The van der Waals surface area contributed by atoms with E-state index in [2.05, 4.69) is 14.5 Å².